The molecule has 0 bridgehead atoms. The number of aromatic nitrogens is 1. The minimum atomic E-state index is -0.573. The molecule has 0 saturated carbocycles. The lowest BCUT2D eigenvalue weighted by Crippen LogP contribution is -2.42. The number of carbonyl (C=O) groups is 1. The third kappa shape index (κ3) is 3.87. The van der Waals surface area contributed by atoms with Gasteiger partial charge in [0.15, 0.2) is 0 Å². The van der Waals surface area contributed by atoms with Crippen molar-refractivity contribution >= 4 is 17.2 Å². The second kappa shape index (κ2) is 7.08. The van der Waals surface area contributed by atoms with Gasteiger partial charge in [0.1, 0.15) is 11.4 Å². The summed E-state index contributed by atoms with van der Waals surface area (Å²) in [6, 6.07) is 7.58. The van der Waals surface area contributed by atoms with Crippen LogP contribution in [-0.2, 0) is 6.54 Å². The minimum Gasteiger partial charge on any atom is -0.497 e. The van der Waals surface area contributed by atoms with Crippen molar-refractivity contribution in [1.82, 2.24) is 15.2 Å². The Balaban J connectivity index is 1.56. The molecule has 0 unspecified atom stereocenters. The van der Waals surface area contributed by atoms with Crippen molar-refractivity contribution in [3.05, 3.63) is 46.4 Å². The van der Waals surface area contributed by atoms with Gasteiger partial charge in [-0.2, -0.15) is 0 Å². The number of benzene rings is 1. The third-order valence-corrected chi connectivity index (χ3v) is 4.50. The van der Waals surface area contributed by atoms with E-state index in [9.17, 15) is 9.90 Å². The van der Waals surface area contributed by atoms with E-state index in [1.54, 1.807) is 18.0 Å². The first kappa shape index (κ1) is 15.9. The molecular weight excluding hydrogens is 314 g/mol. The topological polar surface area (TPSA) is 74.7 Å². The van der Waals surface area contributed by atoms with Gasteiger partial charge in [0.25, 0.3) is 5.91 Å². The standard InChI is InChI=1S/C16H19N3O3S/c1-22-12-4-2-11(3-5-12)6-19-7-13(15(20)8-19)18-16(21)14-9-23-10-17-14/h2-5,9-10,13,15,20H,6-8H2,1H3,(H,18,21)/t13-,15-/m1/s1. The molecule has 3 rings (SSSR count). The number of ether oxygens (including phenoxy) is 1. The number of methoxy groups -OCH3 is 1. The summed E-state index contributed by atoms with van der Waals surface area (Å²) >= 11 is 1.38. The number of rotatable bonds is 5. The van der Waals surface area contributed by atoms with Crippen LogP contribution in [0.4, 0.5) is 0 Å². The summed E-state index contributed by atoms with van der Waals surface area (Å²) < 4.78 is 5.15. The van der Waals surface area contributed by atoms with Crippen molar-refractivity contribution in [1.29, 1.82) is 0 Å². The number of carbonyl (C=O) groups excluding carboxylic acids is 1. The molecule has 1 fully saturated rings. The Labute approximate surface area is 138 Å². The monoisotopic (exact) mass is 333 g/mol. The number of hydrogen-bond donors (Lipinski definition) is 2. The van der Waals surface area contributed by atoms with Crippen LogP contribution in [0.3, 0.4) is 0 Å². The predicted octanol–water partition coefficient (Wildman–Crippen LogP) is 1.13. The van der Waals surface area contributed by atoms with E-state index in [0.29, 0.717) is 18.8 Å². The van der Waals surface area contributed by atoms with Crippen LogP contribution >= 0.6 is 11.3 Å². The summed E-state index contributed by atoms with van der Waals surface area (Å²) in [6.07, 6.45) is -0.573. The summed E-state index contributed by atoms with van der Waals surface area (Å²) in [5, 5.41) is 14.7. The number of hydrogen-bond acceptors (Lipinski definition) is 6. The molecule has 2 aromatic rings. The molecular formula is C16H19N3O3S. The smallest absolute Gasteiger partial charge is 0.271 e. The fourth-order valence-electron chi connectivity index (χ4n) is 2.69. The quantitative estimate of drug-likeness (QED) is 0.858. The van der Waals surface area contributed by atoms with E-state index in [1.165, 1.54) is 11.3 Å². The zero-order valence-corrected chi connectivity index (χ0v) is 13.6. The summed E-state index contributed by atoms with van der Waals surface area (Å²) in [6.45, 7) is 1.88. The van der Waals surface area contributed by atoms with Gasteiger partial charge in [-0.3, -0.25) is 9.69 Å². The van der Waals surface area contributed by atoms with Gasteiger partial charge < -0.3 is 15.2 Å². The summed E-state index contributed by atoms with van der Waals surface area (Å²) in [4.78, 5) is 18.1. The van der Waals surface area contributed by atoms with E-state index < -0.39 is 6.10 Å². The molecule has 2 N–H and O–H groups in total. The highest BCUT2D eigenvalue weighted by molar-refractivity contribution is 7.07. The molecule has 0 radical (unpaired) electrons. The second-order valence-electron chi connectivity index (χ2n) is 5.56. The highest BCUT2D eigenvalue weighted by atomic mass is 32.1. The van der Waals surface area contributed by atoms with Crippen molar-refractivity contribution in [3.8, 4) is 5.75 Å². The Morgan fingerprint density at radius 2 is 2.22 bits per heavy atom. The Morgan fingerprint density at radius 3 is 2.87 bits per heavy atom. The Hall–Kier alpha value is -1.96. The lowest BCUT2D eigenvalue weighted by molar-refractivity contribution is 0.0884. The third-order valence-electron chi connectivity index (χ3n) is 3.91. The Morgan fingerprint density at radius 1 is 1.43 bits per heavy atom. The molecule has 1 saturated heterocycles. The number of aliphatic hydroxyl groups excluding tert-OH is 1. The lowest BCUT2D eigenvalue weighted by Gasteiger charge is -2.16. The van der Waals surface area contributed by atoms with Gasteiger partial charge in [-0.25, -0.2) is 4.98 Å². The maximum Gasteiger partial charge on any atom is 0.271 e. The fourth-order valence-corrected chi connectivity index (χ4v) is 3.23. The van der Waals surface area contributed by atoms with Crippen LogP contribution in [0.5, 0.6) is 5.75 Å². The van der Waals surface area contributed by atoms with Crippen molar-refractivity contribution in [2.45, 2.75) is 18.7 Å². The van der Waals surface area contributed by atoms with E-state index in [4.69, 9.17) is 4.74 Å². The molecule has 122 valence electrons. The number of thiazole rings is 1. The predicted molar refractivity (Wildman–Crippen MR) is 87.6 cm³/mol. The molecule has 2 atom stereocenters. The van der Waals surface area contributed by atoms with Crippen LogP contribution in [0.15, 0.2) is 35.2 Å². The number of nitrogens with zero attached hydrogens (tertiary/aromatic N) is 2. The van der Waals surface area contributed by atoms with Crippen LogP contribution in [0, 0.1) is 0 Å². The number of likely N-dealkylation sites (tertiary alicyclic amines) is 1. The van der Waals surface area contributed by atoms with Crippen molar-refractivity contribution < 1.29 is 14.6 Å². The minimum absolute atomic E-state index is 0.235. The largest absolute Gasteiger partial charge is 0.497 e. The number of aliphatic hydroxyl groups is 1. The maximum atomic E-state index is 12.0. The molecule has 0 aliphatic carbocycles. The second-order valence-corrected chi connectivity index (χ2v) is 6.28. The maximum absolute atomic E-state index is 12.0. The van der Waals surface area contributed by atoms with Crippen molar-refractivity contribution in [2.75, 3.05) is 20.2 Å². The molecule has 23 heavy (non-hydrogen) atoms. The van der Waals surface area contributed by atoms with Gasteiger partial charge in [0, 0.05) is 25.0 Å². The molecule has 1 aromatic carbocycles. The number of nitrogens with one attached hydrogen (secondary N) is 1. The van der Waals surface area contributed by atoms with Gasteiger partial charge >= 0.3 is 0 Å². The van der Waals surface area contributed by atoms with Crippen LogP contribution in [0.1, 0.15) is 16.1 Å². The Bertz CT molecular complexity index is 645. The number of β-amino-alcohol motifs (C(OH)–C–C–N with tert-alkyl or cyclic N) is 1. The zero-order valence-electron chi connectivity index (χ0n) is 12.8. The fraction of sp³-hybridized carbons (Fsp3) is 0.375. The first-order chi connectivity index (χ1) is 11.2. The van der Waals surface area contributed by atoms with Crippen LogP contribution in [0.25, 0.3) is 0 Å². The van der Waals surface area contributed by atoms with E-state index in [2.05, 4.69) is 15.2 Å². The zero-order chi connectivity index (χ0) is 16.2. The van der Waals surface area contributed by atoms with Crippen LogP contribution < -0.4 is 10.1 Å². The van der Waals surface area contributed by atoms with Gasteiger partial charge in [-0.15, -0.1) is 11.3 Å². The molecule has 0 spiro atoms. The molecule has 1 aromatic heterocycles. The number of amides is 1. The van der Waals surface area contributed by atoms with Crippen molar-refractivity contribution in [2.24, 2.45) is 0 Å². The van der Waals surface area contributed by atoms with E-state index in [-0.39, 0.29) is 11.9 Å². The first-order valence-corrected chi connectivity index (χ1v) is 8.32. The summed E-state index contributed by atoms with van der Waals surface area (Å²) in [7, 11) is 1.64. The molecule has 1 aliphatic rings. The Kier molecular flexibility index (Phi) is 4.90. The van der Waals surface area contributed by atoms with Crippen molar-refractivity contribution in [3.63, 3.8) is 0 Å². The average Bonchev–Trinajstić information content (AvgIpc) is 3.19. The molecule has 2 heterocycles. The normalized spacial score (nSPS) is 21.3. The van der Waals surface area contributed by atoms with E-state index in [0.717, 1.165) is 17.9 Å². The van der Waals surface area contributed by atoms with Crippen LogP contribution in [0.2, 0.25) is 0 Å². The molecule has 7 heteroatoms. The van der Waals surface area contributed by atoms with Gasteiger partial charge in [-0.1, -0.05) is 12.1 Å². The van der Waals surface area contributed by atoms with E-state index >= 15 is 0 Å². The lowest BCUT2D eigenvalue weighted by atomic mass is 10.2. The van der Waals surface area contributed by atoms with Gasteiger partial charge in [0.05, 0.1) is 24.8 Å². The molecule has 1 aliphatic heterocycles. The van der Waals surface area contributed by atoms with Gasteiger partial charge in [0.2, 0.25) is 0 Å². The SMILES string of the molecule is COc1ccc(CN2C[C@@H](O)[C@H](NC(=O)c3cscn3)C2)cc1. The first-order valence-electron chi connectivity index (χ1n) is 7.38. The van der Waals surface area contributed by atoms with Gasteiger partial charge in [-0.05, 0) is 17.7 Å². The highest BCUT2D eigenvalue weighted by Gasteiger charge is 2.32. The average molecular weight is 333 g/mol. The van der Waals surface area contributed by atoms with Crippen LogP contribution in [-0.4, -0.2) is 53.2 Å². The summed E-state index contributed by atoms with van der Waals surface area (Å²) in [5.74, 6) is 0.588. The molecule has 1 amide bonds. The highest BCUT2D eigenvalue weighted by Crippen LogP contribution is 2.17. The molecule has 6 nitrogen and oxygen atoms in total. The van der Waals surface area contributed by atoms with E-state index in [1.807, 2.05) is 24.3 Å². The summed E-state index contributed by atoms with van der Waals surface area (Å²) in [5.41, 5.74) is 3.16.